The van der Waals surface area contributed by atoms with E-state index in [0.29, 0.717) is 19.8 Å². The molecule has 4 saturated heterocycles. The van der Waals surface area contributed by atoms with Crippen molar-refractivity contribution in [3.05, 3.63) is 0 Å². The number of hydrogen-bond donors (Lipinski definition) is 0. The Morgan fingerprint density at radius 3 is 2.17 bits per heavy atom. The van der Waals surface area contributed by atoms with Gasteiger partial charge in [0.15, 0.2) is 0 Å². The van der Waals surface area contributed by atoms with Gasteiger partial charge in [0.2, 0.25) is 0 Å². The van der Waals surface area contributed by atoms with Gasteiger partial charge in [-0.15, -0.1) is 0 Å². The van der Waals surface area contributed by atoms with E-state index >= 15 is 0 Å². The highest BCUT2D eigenvalue weighted by Crippen LogP contribution is 2.55. The topological polar surface area (TPSA) is 51.2 Å². The lowest BCUT2D eigenvalue weighted by molar-refractivity contribution is -0.125. The van der Waals surface area contributed by atoms with Crippen LogP contribution in [0.25, 0.3) is 0 Å². The third-order valence-electron chi connectivity index (χ3n) is 6.65. The first-order chi connectivity index (χ1) is 11.3. The third-order valence-corrected chi connectivity index (χ3v) is 6.65. The molecule has 0 saturated carbocycles. The molecule has 0 radical (unpaired) electrons. The molecule has 4 fully saturated rings. The Bertz CT molecular complexity index is 509. The number of ether oxygens (including phenoxy) is 3. The second kappa shape index (κ2) is 5.32. The fourth-order valence-corrected chi connectivity index (χ4v) is 5.41. The van der Waals surface area contributed by atoms with Crippen LogP contribution < -0.4 is 0 Å². The zero-order valence-electron chi connectivity index (χ0n) is 15.3. The zero-order chi connectivity index (χ0) is 17.2. The van der Waals surface area contributed by atoms with Crippen molar-refractivity contribution in [3.8, 4) is 0 Å². The molecule has 24 heavy (non-hydrogen) atoms. The van der Waals surface area contributed by atoms with Gasteiger partial charge in [-0.05, 0) is 59.8 Å². The van der Waals surface area contributed by atoms with Crippen molar-refractivity contribution in [2.45, 2.75) is 88.9 Å². The molecule has 0 N–H and O–H groups in total. The van der Waals surface area contributed by atoms with Gasteiger partial charge in [-0.1, -0.05) is 0 Å². The number of carbonyl (C=O) groups is 1. The Morgan fingerprint density at radius 1 is 1.08 bits per heavy atom. The highest BCUT2D eigenvalue weighted by molar-refractivity contribution is 5.68. The maximum atomic E-state index is 12.7. The molecule has 4 unspecified atom stereocenters. The van der Waals surface area contributed by atoms with E-state index in [1.54, 1.807) is 0 Å². The first kappa shape index (κ1) is 16.6. The van der Waals surface area contributed by atoms with E-state index in [1.807, 2.05) is 4.90 Å². The van der Waals surface area contributed by atoms with Crippen molar-refractivity contribution in [3.63, 3.8) is 0 Å². The van der Waals surface area contributed by atoms with Crippen molar-refractivity contribution in [1.82, 2.24) is 9.80 Å². The molecule has 4 heterocycles. The standard InChI is InChI=1S/C18H30N2O4/c1-13-6-5-7-14(2)19(13)15(21)22-10-18-11-23-16(3)8-9-17(4,20(16)18)24-12-18/h13-14H,5-12H2,1-4H3. The quantitative estimate of drug-likeness (QED) is 0.775. The predicted octanol–water partition coefficient (Wildman–Crippen LogP) is 2.71. The number of nitrogens with zero attached hydrogens (tertiary/aromatic N) is 2. The molecule has 4 aliphatic heterocycles. The first-order valence-electron chi connectivity index (χ1n) is 9.33. The fraction of sp³-hybridized carbons (Fsp3) is 0.944. The van der Waals surface area contributed by atoms with E-state index in [1.165, 1.54) is 6.42 Å². The van der Waals surface area contributed by atoms with Crippen LogP contribution in [-0.4, -0.2) is 64.8 Å². The van der Waals surface area contributed by atoms with Gasteiger partial charge in [0.1, 0.15) is 23.6 Å². The Morgan fingerprint density at radius 2 is 1.62 bits per heavy atom. The maximum Gasteiger partial charge on any atom is 0.410 e. The van der Waals surface area contributed by atoms with Crippen LogP contribution in [0, 0.1) is 0 Å². The van der Waals surface area contributed by atoms with E-state index in [4.69, 9.17) is 14.2 Å². The third kappa shape index (κ3) is 2.22. The Balaban J connectivity index is 1.47. The molecule has 4 atom stereocenters. The second-order valence-electron chi connectivity index (χ2n) is 8.58. The van der Waals surface area contributed by atoms with Gasteiger partial charge in [0, 0.05) is 12.1 Å². The molecule has 1 amide bonds. The molecule has 4 rings (SSSR count). The van der Waals surface area contributed by atoms with Crippen LogP contribution >= 0.6 is 0 Å². The Labute approximate surface area is 144 Å². The van der Waals surface area contributed by atoms with Crippen LogP contribution in [0.3, 0.4) is 0 Å². The lowest BCUT2D eigenvalue weighted by Crippen LogP contribution is -2.57. The summed E-state index contributed by atoms with van der Waals surface area (Å²) in [7, 11) is 0. The van der Waals surface area contributed by atoms with Crippen molar-refractivity contribution in [1.29, 1.82) is 0 Å². The molecular formula is C18H30N2O4. The van der Waals surface area contributed by atoms with Gasteiger partial charge in [0.25, 0.3) is 0 Å². The highest BCUT2D eigenvalue weighted by Gasteiger charge is 2.69. The second-order valence-corrected chi connectivity index (χ2v) is 8.58. The summed E-state index contributed by atoms with van der Waals surface area (Å²) in [4.78, 5) is 17.0. The average molecular weight is 338 g/mol. The lowest BCUT2D eigenvalue weighted by Gasteiger charge is -2.40. The van der Waals surface area contributed by atoms with E-state index < -0.39 is 0 Å². The molecule has 0 spiro atoms. The minimum atomic E-state index is -0.335. The van der Waals surface area contributed by atoms with E-state index in [0.717, 1.165) is 25.7 Å². The minimum Gasteiger partial charge on any atom is -0.447 e. The Kier molecular flexibility index (Phi) is 3.68. The van der Waals surface area contributed by atoms with Crippen LogP contribution in [0.1, 0.15) is 59.8 Å². The summed E-state index contributed by atoms with van der Waals surface area (Å²) in [5.41, 5.74) is -0.912. The maximum absolute atomic E-state index is 12.7. The molecular weight excluding hydrogens is 308 g/mol. The van der Waals surface area contributed by atoms with Gasteiger partial charge < -0.3 is 19.1 Å². The van der Waals surface area contributed by atoms with Crippen molar-refractivity contribution in [2.75, 3.05) is 19.8 Å². The van der Waals surface area contributed by atoms with Crippen LogP contribution in [0.4, 0.5) is 4.79 Å². The first-order valence-corrected chi connectivity index (χ1v) is 9.33. The summed E-state index contributed by atoms with van der Waals surface area (Å²) in [6, 6.07) is 0.501. The summed E-state index contributed by atoms with van der Waals surface area (Å²) in [6.07, 6.45) is 5.02. The number of likely N-dealkylation sites (tertiary alicyclic amines) is 1. The van der Waals surface area contributed by atoms with Crippen molar-refractivity contribution >= 4 is 6.09 Å². The summed E-state index contributed by atoms with van der Waals surface area (Å²) >= 11 is 0. The number of piperidine rings is 1. The van der Waals surface area contributed by atoms with Crippen LogP contribution in [0.2, 0.25) is 0 Å². The number of rotatable bonds is 2. The molecule has 136 valence electrons. The van der Waals surface area contributed by atoms with Crippen LogP contribution in [-0.2, 0) is 14.2 Å². The number of amides is 1. The molecule has 6 nitrogen and oxygen atoms in total. The van der Waals surface area contributed by atoms with Crippen LogP contribution in [0.5, 0.6) is 0 Å². The van der Waals surface area contributed by atoms with Gasteiger partial charge in [-0.3, -0.25) is 0 Å². The van der Waals surface area contributed by atoms with Gasteiger partial charge in [0.05, 0.1) is 13.2 Å². The highest BCUT2D eigenvalue weighted by atomic mass is 16.6. The summed E-state index contributed by atoms with van der Waals surface area (Å²) in [6.45, 7) is 9.96. The predicted molar refractivity (Wildman–Crippen MR) is 88.5 cm³/mol. The van der Waals surface area contributed by atoms with Crippen molar-refractivity contribution in [2.24, 2.45) is 0 Å². The summed E-state index contributed by atoms with van der Waals surface area (Å²) < 4.78 is 18.1. The number of hydrogen-bond acceptors (Lipinski definition) is 5. The van der Waals surface area contributed by atoms with Crippen molar-refractivity contribution < 1.29 is 19.0 Å². The molecule has 0 aromatic heterocycles. The zero-order valence-corrected chi connectivity index (χ0v) is 15.3. The molecule has 4 aliphatic rings. The molecule has 0 aliphatic carbocycles. The van der Waals surface area contributed by atoms with Gasteiger partial charge >= 0.3 is 6.09 Å². The smallest absolute Gasteiger partial charge is 0.410 e. The summed E-state index contributed by atoms with van der Waals surface area (Å²) in [5, 5.41) is 0. The summed E-state index contributed by atoms with van der Waals surface area (Å²) in [5.74, 6) is 0. The number of carbonyl (C=O) groups excluding carboxylic acids is 1. The van der Waals surface area contributed by atoms with E-state index in [2.05, 4.69) is 32.6 Å². The lowest BCUT2D eigenvalue weighted by atomic mass is 9.98. The molecule has 0 aromatic rings. The Hall–Kier alpha value is -0.850. The monoisotopic (exact) mass is 338 g/mol. The van der Waals surface area contributed by atoms with Gasteiger partial charge in [-0.25, -0.2) is 9.69 Å². The normalized spacial score (nSPS) is 47.9. The molecule has 6 heteroatoms. The average Bonchev–Trinajstić information content (AvgIpc) is 3.10. The SMILES string of the molecule is CC1CCCC(C)N1C(=O)OCC12COC3(C)CCC(C)(OC1)N23. The van der Waals surface area contributed by atoms with Gasteiger partial charge in [-0.2, -0.15) is 0 Å². The minimum absolute atomic E-state index is 0.189. The largest absolute Gasteiger partial charge is 0.447 e. The fourth-order valence-electron chi connectivity index (χ4n) is 5.41. The molecule has 0 aromatic carbocycles. The van der Waals surface area contributed by atoms with Crippen LogP contribution in [0.15, 0.2) is 0 Å². The van der Waals surface area contributed by atoms with E-state index in [9.17, 15) is 4.79 Å². The molecule has 0 bridgehead atoms. The van der Waals surface area contributed by atoms with E-state index in [-0.39, 0.29) is 35.2 Å².